The van der Waals surface area contributed by atoms with E-state index in [-0.39, 0.29) is 25.3 Å². The van der Waals surface area contributed by atoms with Gasteiger partial charge in [-0.05, 0) is 5.92 Å². The maximum atomic E-state index is 12.5. The molecule has 2 N–H and O–H groups in total. The number of aliphatic hydroxyl groups is 1. The Bertz CT molecular complexity index is 508. The molecule has 0 aromatic carbocycles. The van der Waals surface area contributed by atoms with Gasteiger partial charge in [-0.2, -0.15) is 0 Å². The molecule has 1 saturated heterocycles. The summed E-state index contributed by atoms with van der Waals surface area (Å²) in [5, 5.41) is 12.2. The molecule has 4 atom stereocenters. The van der Waals surface area contributed by atoms with Gasteiger partial charge in [0.25, 0.3) is 0 Å². The standard InChI is InChI=1S/C15H24N2O7/c1-8(5-12(20)23-3)13(15(22)24-4)16-14(21)11-6-10(19)7-17(11)9(2)18/h8,10-11,13,19H,5-7H2,1-4H3,(H,16,21)/t8-,10-,11+,13+/m1/s1. The van der Waals surface area contributed by atoms with Crippen molar-refractivity contribution in [2.24, 2.45) is 5.92 Å². The highest BCUT2D eigenvalue weighted by Gasteiger charge is 2.40. The summed E-state index contributed by atoms with van der Waals surface area (Å²) in [7, 11) is 2.40. The van der Waals surface area contributed by atoms with Gasteiger partial charge in [-0.15, -0.1) is 0 Å². The molecule has 0 aromatic heterocycles. The number of hydrogen-bond donors (Lipinski definition) is 2. The lowest BCUT2D eigenvalue weighted by atomic mass is 9.97. The predicted octanol–water partition coefficient (Wildman–Crippen LogP) is -1.17. The Kier molecular flexibility index (Phi) is 7.15. The van der Waals surface area contributed by atoms with Gasteiger partial charge >= 0.3 is 11.9 Å². The van der Waals surface area contributed by atoms with Crippen LogP contribution in [0.4, 0.5) is 0 Å². The van der Waals surface area contributed by atoms with E-state index in [1.165, 1.54) is 26.0 Å². The summed E-state index contributed by atoms with van der Waals surface area (Å²) in [5.74, 6) is -2.70. The lowest BCUT2D eigenvalue weighted by molar-refractivity contribution is -0.149. The van der Waals surface area contributed by atoms with E-state index in [9.17, 15) is 24.3 Å². The van der Waals surface area contributed by atoms with Crippen molar-refractivity contribution in [2.45, 2.75) is 44.9 Å². The molecule has 0 bridgehead atoms. The summed E-state index contributed by atoms with van der Waals surface area (Å²) in [5.41, 5.74) is 0. The van der Waals surface area contributed by atoms with Crippen molar-refractivity contribution in [3.8, 4) is 0 Å². The largest absolute Gasteiger partial charge is 0.469 e. The molecule has 1 heterocycles. The maximum Gasteiger partial charge on any atom is 0.328 e. The summed E-state index contributed by atoms with van der Waals surface area (Å²) >= 11 is 0. The number of carbonyl (C=O) groups is 4. The number of amides is 2. The van der Waals surface area contributed by atoms with Crippen molar-refractivity contribution >= 4 is 23.8 Å². The monoisotopic (exact) mass is 344 g/mol. The SMILES string of the molecule is COC(=O)C[C@@H](C)[C@H](NC(=O)[C@@H]1C[C@@H](O)CN1C(C)=O)C(=O)OC. The van der Waals surface area contributed by atoms with Crippen LogP contribution in [0.3, 0.4) is 0 Å². The Hall–Kier alpha value is -2.16. The molecule has 0 aromatic rings. The second-order valence-electron chi connectivity index (χ2n) is 5.84. The number of nitrogens with zero attached hydrogens (tertiary/aromatic N) is 1. The van der Waals surface area contributed by atoms with E-state index in [0.29, 0.717) is 0 Å². The van der Waals surface area contributed by atoms with E-state index in [0.717, 1.165) is 0 Å². The third-order valence-electron chi connectivity index (χ3n) is 4.02. The fraction of sp³-hybridized carbons (Fsp3) is 0.733. The first-order valence-electron chi connectivity index (χ1n) is 7.61. The molecule has 0 spiro atoms. The molecule has 24 heavy (non-hydrogen) atoms. The number of likely N-dealkylation sites (tertiary alicyclic amines) is 1. The summed E-state index contributed by atoms with van der Waals surface area (Å²) in [6.07, 6.45) is -0.793. The fourth-order valence-electron chi connectivity index (χ4n) is 2.68. The van der Waals surface area contributed by atoms with Gasteiger partial charge in [-0.25, -0.2) is 4.79 Å². The lowest BCUT2D eigenvalue weighted by Crippen LogP contribution is -2.53. The number of β-amino-alcohol motifs (C(OH)–C–C–N with tert-alkyl or cyclic N) is 1. The first kappa shape index (κ1) is 19.9. The number of ether oxygens (including phenoxy) is 2. The first-order valence-corrected chi connectivity index (χ1v) is 7.61. The Morgan fingerprint density at radius 2 is 1.88 bits per heavy atom. The van der Waals surface area contributed by atoms with E-state index >= 15 is 0 Å². The van der Waals surface area contributed by atoms with Gasteiger partial charge in [-0.3, -0.25) is 14.4 Å². The van der Waals surface area contributed by atoms with Gasteiger partial charge in [0.05, 0.1) is 26.7 Å². The minimum atomic E-state index is -1.06. The highest BCUT2D eigenvalue weighted by molar-refractivity contribution is 5.91. The van der Waals surface area contributed by atoms with Gasteiger partial charge in [0.1, 0.15) is 12.1 Å². The predicted molar refractivity (Wildman–Crippen MR) is 81.5 cm³/mol. The summed E-state index contributed by atoms with van der Waals surface area (Å²) in [4.78, 5) is 48.6. The van der Waals surface area contributed by atoms with E-state index in [1.807, 2.05) is 0 Å². The minimum absolute atomic E-state index is 0.0635. The van der Waals surface area contributed by atoms with E-state index in [4.69, 9.17) is 0 Å². The normalized spacial score (nSPS) is 22.5. The second kappa shape index (κ2) is 8.62. The molecule has 1 aliphatic heterocycles. The Balaban J connectivity index is 2.85. The zero-order chi connectivity index (χ0) is 18.4. The molecule has 1 fully saturated rings. The fourth-order valence-corrected chi connectivity index (χ4v) is 2.68. The van der Waals surface area contributed by atoms with Crippen LogP contribution in [0.15, 0.2) is 0 Å². The van der Waals surface area contributed by atoms with Crippen molar-refractivity contribution in [1.29, 1.82) is 0 Å². The third-order valence-corrected chi connectivity index (χ3v) is 4.02. The summed E-state index contributed by atoms with van der Waals surface area (Å²) in [6, 6.07) is -1.93. The highest BCUT2D eigenvalue weighted by Crippen LogP contribution is 2.19. The van der Waals surface area contributed by atoms with Gasteiger partial charge in [0, 0.05) is 19.9 Å². The highest BCUT2D eigenvalue weighted by atomic mass is 16.5. The Morgan fingerprint density at radius 3 is 2.38 bits per heavy atom. The lowest BCUT2D eigenvalue weighted by Gasteiger charge is -2.27. The summed E-state index contributed by atoms with van der Waals surface area (Å²) in [6.45, 7) is 2.97. The van der Waals surface area contributed by atoms with Crippen LogP contribution in [-0.4, -0.2) is 72.7 Å². The van der Waals surface area contributed by atoms with Crippen molar-refractivity contribution in [1.82, 2.24) is 10.2 Å². The molecule has 9 heteroatoms. The molecule has 0 aliphatic carbocycles. The quantitative estimate of drug-likeness (QED) is 0.582. The van der Waals surface area contributed by atoms with Gasteiger partial charge < -0.3 is 24.8 Å². The molecule has 0 radical (unpaired) electrons. The molecule has 136 valence electrons. The van der Waals surface area contributed by atoms with Crippen LogP contribution in [0.5, 0.6) is 0 Å². The van der Waals surface area contributed by atoms with Gasteiger partial charge in [0.2, 0.25) is 11.8 Å². The van der Waals surface area contributed by atoms with E-state index < -0.39 is 42.0 Å². The van der Waals surface area contributed by atoms with Crippen molar-refractivity contribution in [3.05, 3.63) is 0 Å². The molecule has 2 amide bonds. The average molecular weight is 344 g/mol. The van der Waals surface area contributed by atoms with Crippen molar-refractivity contribution in [3.63, 3.8) is 0 Å². The van der Waals surface area contributed by atoms with Crippen LogP contribution in [0.25, 0.3) is 0 Å². The molecule has 0 unspecified atom stereocenters. The van der Waals surface area contributed by atoms with Crippen LogP contribution in [-0.2, 0) is 28.7 Å². The molecule has 0 saturated carbocycles. The second-order valence-corrected chi connectivity index (χ2v) is 5.84. The number of carbonyl (C=O) groups excluding carboxylic acids is 4. The number of methoxy groups -OCH3 is 2. The molecule has 1 aliphatic rings. The van der Waals surface area contributed by atoms with E-state index in [1.54, 1.807) is 6.92 Å². The van der Waals surface area contributed by atoms with Crippen LogP contribution in [0.1, 0.15) is 26.7 Å². The third kappa shape index (κ3) is 4.92. The Morgan fingerprint density at radius 1 is 1.25 bits per heavy atom. The van der Waals surface area contributed by atoms with Crippen LogP contribution in [0.2, 0.25) is 0 Å². The molecular formula is C15H24N2O7. The summed E-state index contributed by atoms with van der Waals surface area (Å²) < 4.78 is 9.23. The average Bonchev–Trinajstić information content (AvgIpc) is 2.93. The smallest absolute Gasteiger partial charge is 0.328 e. The zero-order valence-electron chi connectivity index (χ0n) is 14.3. The molecule has 1 rings (SSSR count). The Labute approximate surface area is 140 Å². The van der Waals surface area contributed by atoms with Crippen LogP contribution in [0, 0.1) is 5.92 Å². The first-order chi connectivity index (χ1) is 11.2. The number of rotatable bonds is 6. The topological polar surface area (TPSA) is 122 Å². The van der Waals surface area contributed by atoms with Gasteiger partial charge in [0.15, 0.2) is 0 Å². The van der Waals surface area contributed by atoms with Crippen molar-refractivity contribution in [2.75, 3.05) is 20.8 Å². The minimum Gasteiger partial charge on any atom is -0.469 e. The molecule has 9 nitrogen and oxygen atoms in total. The number of esters is 2. The molecular weight excluding hydrogens is 320 g/mol. The van der Waals surface area contributed by atoms with Gasteiger partial charge in [-0.1, -0.05) is 6.92 Å². The van der Waals surface area contributed by atoms with Crippen molar-refractivity contribution < 1.29 is 33.8 Å². The zero-order valence-corrected chi connectivity index (χ0v) is 14.3. The maximum absolute atomic E-state index is 12.5. The number of hydrogen-bond acceptors (Lipinski definition) is 7. The van der Waals surface area contributed by atoms with Crippen LogP contribution < -0.4 is 5.32 Å². The van der Waals surface area contributed by atoms with Crippen LogP contribution >= 0.6 is 0 Å². The number of nitrogens with one attached hydrogen (secondary N) is 1. The number of aliphatic hydroxyl groups excluding tert-OH is 1. The van der Waals surface area contributed by atoms with E-state index in [2.05, 4.69) is 14.8 Å².